The molecule has 0 aliphatic rings. The van der Waals surface area contributed by atoms with Gasteiger partial charge in [0.05, 0.1) is 18.6 Å². The predicted octanol–water partition coefficient (Wildman–Crippen LogP) is 3.12. The second-order valence-electron chi connectivity index (χ2n) is 5.30. The highest BCUT2D eigenvalue weighted by Crippen LogP contribution is 2.34. The first-order valence-corrected chi connectivity index (χ1v) is 8.35. The highest BCUT2D eigenvalue weighted by molar-refractivity contribution is 9.10. The topological polar surface area (TPSA) is 111 Å². The molecule has 0 aromatic heterocycles. The summed E-state index contributed by atoms with van der Waals surface area (Å²) in [6.07, 6.45) is 0. The molecule has 2 N–H and O–H groups in total. The fourth-order valence-corrected chi connectivity index (χ4v) is 2.63. The molecule has 0 spiro atoms. The zero-order chi connectivity index (χ0) is 19.1. The molecule has 0 heterocycles. The zero-order valence-corrected chi connectivity index (χ0v) is 15.5. The Morgan fingerprint density at radius 3 is 2.54 bits per heavy atom. The number of carbonyl (C=O) groups is 1. The predicted molar refractivity (Wildman–Crippen MR) is 97.5 cm³/mol. The van der Waals surface area contributed by atoms with Crippen molar-refractivity contribution in [1.82, 2.24) is 5.32 Å². The number of aliphatic carboxylic acids is 1. The molecule has 26 heavy (non-hydrogen) atoms. The molecule has 0 atom stereocenters. The summed E-state index contributed by atoms with van der Waals surface area (Å²) in [5, 5.41) is 22.2. The largest absolute Gasteiger partial charge is 0.493 e. The number of nitro groups is 1. The molecular formula is C17H17BrN2O6. The number of carboxylic acid groups (broad SMARTS) is 1. The Morgan fingerprint density at radius 2 is 1.96 bits per heavy atom. The standard InChI is InChI=1S/C17H17BrN2O6/c1-25-15-6-12(8-19-9-17(21)22)14(18)7-16(15)26-10-11-2-4-13(5-3-11)20(23)24/h2-7,19H,8-10H2,1H3,(H,21,22). The van der Waals surface area contributed by atoms with Crippen molar-refractivity contribution in [3.8, 4) is 11.5 Å². The van der Waals surface area contributed by atoms with Gasteiger partial charge >= 0.3 is 5.97 Å². The Hall–Kier alpha value is -2.65. The number of ether oxygens (including phenoxy) is 2. The molecule has 0 amide bonds. The Morgan fingerprint density at radius 1 is 1.27 bits per heavy atom. The highest BCUT2D eigenvalue weighted by Gasteiger charge is 2.12. The van der Waals surface area contributed by atoms with Crippen LogP contribution in [0.15, 0.2) is 40.9 Å². The van der Waals surface area contributed by atoms with Gasteiger partial charge in [-0.25, -0.2) is 0 Å². The van der Waals surface area contributed by atoms with E-state index in [0.717, 1.165) is 15.6 Å². The average molecular weight is 425 g/mol. The lowest BCUT2D eigenvalue weighted by Crippen LogP contribution is -2.22. The van der Waals surface area contributed by atoms with E-state index in [0.29, 0.717) is 18.0 Å². The summed E-state index contributed by atoms with van der Waals surface area (Å²) in [6, 6.07) is 9.59. The van der Waals surface area contributed by atoms with E-state index in [1.807, 2.05) is 0 Å². The molecule has 9 heteroatoms. The van der Waals surface area contributed by atoms with E-state index in [9.17, 15) is 14.9 Å². The lowest BCUT2D eigenvalue weighted by atomic mass is 10.2. The number of halogens is 1. The number of nitrogens with zero attached hydrogens (tertiary/aromatic N) is 1. The normalized spacial score (nSPS) is 10.4. The maximum Gasteiger partial charge on any atom is 0.317 e. The molecule has 2 aromatic carbocycles. The number of nitro benzene ring substituents is 1. The minimum Gasteiger partial charge on any atom is -0.493 e. The van der Waals surface area contributed by atoms with Crippen LogP contribution in [0.2, 0.25) is 0 Å². The van der Waals surface area contributed by atoms with Crippen LogP contribution in [0, 0.1) is 10.1 Å². The minimum atomic E-state index is -0.934. The van der Waals surface area contributed by atoms with Crippen molar-refractivity contribution in [2.45, 2.75) is 13.2 Å². The van der Waals surface area contributed by atoms with Crippen molar-refractivity contribution in [1.29, 1.82) is 0 Å². The molecular weight excluding hydrogens is 408 g/mol. The third-order valence-electron chi connectivity index (χ3n) is 3.47. The molecule has 0 aliphatic heterocycles. The van der Waals surface area contributed by atoms with Crippen LogP contribution in [-0.2, 0) is 17.9 Å². The van der Waals surface area contributed by atoms with E-state index in [-0.39, 0.29) is 18.8 Å². The molecule has 0 saturated heterocycles. The number of hydrogen-bond donors (Lipinski definition) is 2. The van der Waals surface area contributed by atoms with Gasteiger partial charge in [-0.2, -0.15) is 0 Å². The smallest absolute Gasteiger partial charge is 0.317 e. The summed E-state index contributed by atoms with van der Waals surface area (Å²) in [5.41, 5.74) is 1.62. The number of benzene rings is 2. The van der Waals surface area contributed by atoms with Crippen molar-refractivity contribution >= 4 is 27.6 Å². The van der Waals surface area contributed by atoms with E-state index in [1.54, 1.807) is 24.3 Å². The van der Waals surface area contributed by atoms with Gasteiger partial charge in [-0.05, 0) is 35.4 Å². The number of nitrogens with one attached hydrogen (secondary N) is 1. The molecule has 0 unspecified atom stereocenters. The lowest BCUT2D eigenvalue weighted by Gasteiger charge is -2.14. The van der Waals surface area contributed by atoms with E-state index < -0.39 is 10.9 Å². The molecule has 0 bridgehead atoms. The second-order valence-corrected chi connectivity index (χ2v) is 6.16. The van der Waals surface area contributed by atoms with Gasteiger partial charge < -0.3 is 19.9 Å². The molecule has 0 saturated carbocycles. The SMILES string of the molecule is COc1cc(CNCC(=O)O)c(Br)cc1OCc1ccc([N+](=O)[O-])cc1. The summed E-state index contributed by atoms with van der Waals surface area (Å²) in [7, 11) is 1.51. The summed E-state index contributed by atoms with van der Waals surface area (Å²) in [4.78, 5) is 20.8. The van der Waals surface area contributed by atoms with Gasteiger partial charge in [0.1, 0.15) is 6.61 Å². The molecule has 0 fully saturated rings. The first-order chi connectivity index (χ1) is 12.4. The van der Waals surface area contributed by atoms with Gasteiger partial charge in [0.15, 0.2) is 11.5 Å². The van der Waals surface area contributed by atoms with Crippen molar-refractivity contribution in [3.63, 3.8) is 0 Å². The fraction of sp³-hybridized carbons (Fsp3) is 0.235. The molecule has 8 nitrogen and oxygen atoms in total. The zero-order valence-electron chi connectivity index (χ0n) is 13.9. The first-order valence-electron chi connectivity index (χ1n) is 7.55. The third kappa shape index (κ3) is 5.43. The average Bonchev–Trinajstić information content (AvgIpc) is 2.61. The quantitative estimate of drug-likeness (QED) is 0.469. The molecule has 138 valence electrons. The Labute approximate surface area is 158 Å². The van der Waals surface area contributed by atoms with Gasteiger partial charge in [0.25, 0.3) is 5.69 Å². The van der Waals surface area contributed by atoms with Crippen LogP contribution in [-0.4, -0.2) is 29.7 Å². The van der Waals surface area contributed by atoms with Crippen LogP contribution in [0.1, 0.15) is 11.1 Å². The van der Waals surface area contributed by atoms with Crippen LogP contribution in [0.3, 0.4) is 0 Å². The first kappa shape index (κ1) is 19.7. The maximum atomic E-state index is 10.7. The van der Waals surface area contributed by atoms with Crippen molar-refractivity contribution in [3.05, 3.63) is 62.1 Å². The van der Waals surface area contributed by atoms with Crippen LogP contribution < -0.4 is 14.8 Å². The van der Waals surface area contributed by atoms with E-state index >= 15 is 0 Å². The van der Waals surface area contributed by atoms with Gasteiger partial charge in [0, 0.05) is 23.2 Å². The van der Waals surface area contributed by atoms with Gasteiger partial charge in [-0.1, -0.05) is 15.9 Å². The van der Waals surface area contributed by atoms with Crippen molar-refractivity contribution < 1.29 is 24.3 Å². The molecule has 0 aliphatic carbocycles. The maximum absolute atomic E-state index is 10.7. The summed E-state index contributed by atoms with van der Waals surface area (Å²) in [5.74, 6) is 0.0677. The number of non-ortho nitro benzene ring substituents is 1. The Balaban J connectivity index is 2.07. The van der Waals surface area contributed by atoms with E-state index in [1.165, 1.54) is 19.2 Å². The highest BCUT2D eigenvalue weighted by atomic mass is 79.9. The van der Waals surface area contributed by atoms with E-state index in [4.69, 9.17) is 14.6 Å². The molecule has 2 rings (SSSR count). The number of rotatable bonds is 9. The van der Waals surface area contributed by atoms with Crippen LogP contribution >= 0.6 is 15.9 Å². The number of carboxylic acids is 1. The van der Waals surface area contributed by atoms with Crippen LogP contribution in [0.4, 0.5) is 5.69 Å². The fourth-order valence-electron chi connectivity index (χ4n) is 2.16. The van der Waals surface area contributed by atoms with Crippen LogP contribution in [0.25, 0.3) is 0 Å². The van der Waals surface area contributed by atoms with Gasteiger partial charge in [-0.3, -0.25) is 14.9 Å². The second kappa shape index (κ2) is 9.16. The number of methoxy groups -OCH3 is 1. The summed E-state index contributed by atoms with van der Waals surface area (Å²) >= 11 is 3.43. The minimum absolute atomic E-state index is 0.0206. The Kier molecular flexibility index (Phi) is 6.93. The van der Waals surface area contributed by atoms with Gasteiger partial charge in [-0.15, -0.1) is 0 Å². The van der Waals surface area contributed by atoms with Crippen LogP contribution in [0.5, 0.6) is 11.5 Å². The molecule has 0 radical (unpaired) electrons. The third-order valence-corrected chi connectivity index (χ3v) is 4.20. The number of hydrogen-bond acceptors (Lipinski definition) is 6. The van der Waals surface area contributed by atoms with Gasteiger partial charge in [0.2, 0.25) is 0 Å². The van der Waals surface area contributed by atoms with E-state index in [2.05, 4.69) is 21.2 Å². The monoisotopic (exact) mass is 424 g/mol. The summed E-state index contributed by atoms with van der Waals surface area (Å²) < 4.78 is 11.8. The summed E-state index contributed by atoms with van der Waals surface area (Å²) in [6.45, 7) is 0.427. The molecule has 2 aromatic rings. The lowest BCUT2D eigenvalue weighted by molar-refractivity contribution is -0.384. The van der Waals surface area contributed by atoms with Crippen molar-refractivity contribution in [2.75, 3.05) is 13.7 Å². The Bertz CT molecular complexity index is 795. The van der Waals surface area contributed by atoms with Crippen molar-refractivity contribution in [2.24, 2.45) is 0 Å².